The Hall–Kier alpha value is -4.85. The third kappa shape index (κ3) is 5.44. The first kappa shape index (κ1) is 24.8. The fraction of sp³-hybridized carbons (Fsp3) is 0.167. The normalized spacial score (nSPS) is 10.8. The summed E-state index contributed by atoms with van der Waals surface area (Å²) in [7, 11) is 4.68. The van der Waals surface area contributed by atoms with E-state index in [0.717, 1.165) is 44.9 Å². The maximum Gasteiger partial charge on any atom is 0.338 e. The van der Waals surface area contributed by atoms with Gasteiger partial charge in [0.05, 0.1) is 52.4 Å². The van der Waals surface area contributed by atoms with Crippen molar-refractivity contribution in [2.75, 3.05) is 21.3 Å². The van der Waals surface area contributed by atoms with E-state index in [0.29, 0.717) is 18.7 Å². The zero-order valence-electron chi connectivity index (χ0n) is 21.5. The van der Waals surface area contributed by atoms with E-state index in [9.17, 15) is 4.79 Å². The predicted molar refractivity (Wildman–Crippen MR) is 144 cm³/mol. The number of rotatable bonds is 9. The minimum atomic E-state index is -0.407. The van der Waals surface area contributed by atoms with E-state index in [1.165, 1.54) is 7.11 Å². The molecule has 8 nitrogen and oxygen atoms in total. The van der Waals surface area contributed by atoms with E-state index in [-0.39, 0.29) is 0 Å². The molecule has 2 aromatic heterocycles. The van der Waals surface area contributed by atoms with Gasteiger partial charge in [-0.3, -0.25) is 9.36 Å². The Morgan fingerprint density at radius 2 is 1.21 bits per heavy atom. The molecule has 0 aliphatic heterocycles. The van der Waals surface area contributed by atoms with Crippen molar-refractivity contribution in [2.24, 2.45) is 0 Å². The average Bonchev–Trinajstić information content (AvgIpc) is 3.63. The largest absolute Gasteiger partial charge is 0.497 e. The first-order valence-electron chi connectivity index (χ1n) is 12.1. The Morgan fingerprint density at radius 3 is 1.74 bits per heavy atom. The van der Waals surface area contributed by atoms with E-state index < -0.39 is 5.97 Å². The number of esters is 1. The molecule has 192 valence electrons. The Balaban J connectivity index is 1.38. The van der Waals surface area contributed by atoms with Crippen molar-refractivity contribution in [3.8, 4) is 33.8 Å². The van der Waals surface area contributed by atoms with Crippen LogP contribution in [0.2, 0.25) is 0 Å². The van der Waals surface area contributed by atoms with Crippen LogP contribution < -0.4 is 9.47 Å². The van der Waals surface area contributed by atoms with Crippen molar-refractivity contribution in [1.82, 2.24) is 19.6 Å². The van der Waals surface area contributed by atoms with Crippen molar-refractivity contribution in [2.45, 2.75) is 13.1 Å². The summed E-state index contributed by atoms with van der Waals surface area (Å²) in [6.45, 7) is 1.22. The summed E-state index contributed by atoms with van der Waals surface area (Å²) in [6, 6.07) is 21.5. The Labute approximate surface area is 221 Å². The average molecular weight is 509 g/mol. The van der Waals surface area contributed by atoms with E-state index in [2.05, 4.69) is 10.2 Å². The van der Waals surface area contributed by atoms with E-state index in [4.69, 9.17) is 14.2 Å². The zero-order valence-corrected chi connectivity index (χ0v) is 21.5. The van der Waals surface area contributed by atoms with Crippen LogP contribution >= 0.6 is 0 Å². The van der Waals surface area contributed by atoms with Crippen molar-refractivity contribution in [3.05, 3.63) is 108 Å². The highest BCUT2D eigenvalue weighted by Crippen LogP contribution is 2.30. The molecule has 5 aromatic rings. The summed E-state index contributed by atoms with van der Waals surface area (Å²) in [5.74, 6) is 1.22. The highest BCUT2D eigenvalue weighted by Gasteiger charge is 2.17. The minimum Gasteiger partial charge on any atom is -0.497 e. The van der Waals surface area contributed by atoms with Crippen LogP contribution in [-0.2, 0) is 17.8 Å². The standard InChI is InChI=1S/C30H28N4O4/c1-36-26-9-4-21(5-10-26)17-33-19-24(15-31-33)23-8-13-28(29(14-23)30(35)38-3)25-16-32-34(20-25)18-22-6-11-27(37-2)12-7-22/h4-16,19-20H,17-18H2,1-3H3. The molecule has 0 radical (unpaired) electrons. The maximum atomic E-state index is 12.8. The van der Waals surface area contributed by atoms with Gasteiger partial charge in [0, 0.05) is 23.5 Å². The number of hydrogen-bond acceptors (Lipinski definition) is 6. The molecule has 3 aromatic carbocycles. The Bertz CT molecular complexity index is 1540. The summed E-state index contributed by atoms with van der Waals surface area (Å²) < 4.78 is 19.3. The van der Waals surface area contributed by atoms with E-state index in [1.807, 2.05) is 88.5 Å². The van der Waals surface area contributed by atoms with Crippen LogP contribution in [0.25, 0.3) is 22.3 Å². The molecular formula is C30H28N4O4. The summed E-state index contributed by atoms with van der Waals surface area (Å²) in [5.41, 5.74) is 6.05. The van der Waals surface area contributed by atoms with Gasteiger partial charge in [0.2, 0.25) is 0 Å². The number of ether oxygens (including phenoxy) is 3. The van der Waals surface area contributed by atoms with Crippen LogP contribution in [0.3, 0.4) is 0 Å². The molecule has 38 heavy (non-hydrogen) atoms. The summed E-state index contributed by atoms with van der Waals surface area (Å²) >= 11 is 0. The second-order valence-electron chi connectivity index (χ2n) is 8.80. The molecule has 8 heteroatoms. The smallest absolute Gasteiger partial charge is 0.338 e. The molecule has 0 saturated carbocycles. The van der Waals surface area contributed by atoms with Gasteiger partial charge in [-0.1, -0.05) is 36.4 Å². The molecule has 0 spiro atoms. The number of carbonyl (C=O) groups excluding carboxylic acids is 1. The lowest BCUT2D eigenvalue weighted by molar-refractivity contribution is 0.0601. The second kappa shape index (κ2) is 11.0. The quantitative estimate of drug-likeness (QED) is 0.251. The first-order valence-corrected chi connectivity index (χ1v) is 12.1. The third-order valence-corrected chi connectivity index (χ3v) is 6.34. The lowest BCUT2D eigenvalue weighted by Crippen LogP contribution is -2.04. The van der Waals surface area contributed by atoms with Gasteiger partial charge in [-0.2, -0.15) is 10.2 Å². The number of carbonyl (C=O) groups is 1. The van der Waals surface area contributed by atoms with Crippen molar-refractivity contribution in [1.29, 1.82) is 0 Å². The SMILES string of the molecule is COC(=O)c1cc(-c2cnn(Cc3ccc(OC)cc3)c2)ccc1-c1cnn(Cc2ccc(OC)cc2)c1. The van der Waals surface area contributed by atoms with Gasteiger partial charge in [0.1, 0.15) is 11.5 Å². The van der Waals surface area contributed by atoms with Gasteiger partial charge >= 0.3 is 5.97 Å². The zero-order chi connectivity index (χ0) is 26.5. The fourth-order valence-electron chi connectivity index (χ4n) is 4.28. The molecule has 0 aliphatic carbocycles. The number of benzene rings is 3. The molecule has 0 unspecified atom stereocenters. The summed E-state index contributed by atoms with van der Waals surface area (Å²) in [5, 5.41) is 9.01. The summed E-state index contributed by atoms with van der Waals surface area (Å²) in [4.78, 5) is 12.8. The van der Waals surface area contributed by atoms with Gasteiger partial charge in [-0.25, -0.2) is 4.79 Å². The Morgan fingerprint density at radius 1 is 0.684 bits per heavy atom. The van der Waals surface area contributed by atoms with E-state index >= 15 is 0 Å². The van der Waals surface area contributed by atoms with Crippen LogP contribution in [0, 0.1) is 0 Å². The molecule has 5 rings (SSSR count). The molecule has 0 fully saturated rings. The molecular weight excluding hydrogens is 480 g/mol. The van der Waals surface area contributed by atoms with Gasteiger partial charge in [0.15, 0.2) is 0 Å². The van der Waals surface area contributed by atoms with Gasteiger partial charge in [-0.05, 0) is 52.6 Å². The van der Waals surface area contributed by atoms with Gasteiger partial charge in [-0.15, -0.1) is 0 Å². The minimum absolute atomic E-state index is 0.407. The summed E-state index contributed by atoms with van der Waals surface area (Å²) in [6.07, 6.45) is 7.45. The van der Waals surface area contributed by atoms with Crippen LogP contribution in [0.1, 0.15) is 21.5 Å². The molecule has 0 atom stereocenters. The van der Waals surface area contributed by atoms with Crippen LogP contribution in [-0.4, -0.2) is 46.9 Å². The molecule has 2 heterocycles. The van der Waals surface area contributed by atoms with Crippen LogP contribution in [0.4, 0.5) is 0 Å². The number of nitrogens with zero attached hydrogens (tertiary/aromatic N) is 4. The maximum absolute atomic E-state index is 12.8. The molecule has 0 N–H and O–H groups in total. The van der Waals surface area contributed by atoms with Crippen LogP contribution in [0.5, 0.6) is 11.5 Å². The number of methoxy groups -OCH3 is 3. The lowest BCUT2D eigenvalue weighted by atomic mass is 9.97. The molecule has 0 saturated heterocycles. The van der Waals surface area contributed by atoms with Crippen LogP contribution in [0.15, 0.2) is 91.5 Å². The van der Waals surface area contributed by atoms with Gasteiger partial charge < -0.3 is 14.2 Å². The Kier molecular flexibility index (Phi) is 7.21. The van der Waals surface area contributed by atoms with Crippen molar-refractivity contribution in [3.63, 3.8) is 0 Å². The molecule has 0 aliphatic rings. The topological polar surface area (TPSA) is 80.4 Å². The fourth-order valence-corrected chi connectivity index (χ4v) is 4.28. The highest BCUT2D eigenvalue weighted by atomic mass is 16.5. The van der Waals surface area contributed by atoms with E-state index in [1.54, 1.807) is 26.6 Å². The third-order valence-electron chi connectivity index (χ3n) is 6.34. The van der Waals surface area contributed by atoms with Crippen molar-refractivity contribution < 1.29 is 19.0 Å². The lowest BCUT2D eigenvalue weighted by Gasteiger charge is -2.09. The number of aromatic nitrogens is 4. The monoisotopic (exact) mass is 508 g/mol. The number of hydrogen-bond donors (Lipinski definition) is 0. The van der Waals surface area contributed by atoms with Crippen molar-refractivity contribution >= 4 is 5.97 Å². The molecule has 0 bridgehead atoms. The van der Waals surface area contributed by atoms with Gasteiger partial charge in [0.25, 0.3) is 0 Å². The highest BCUT2D eigenvalue weighted by molar-refractivity contribution is 5.98. The molecule has 0 amide bonds. The second-order valence-corrected chi connectivity index (χ2v) is 8.80. The predicted octanol–water partition coefficient (Wildman–Crippen LogP) is 5.31. The first-order chi connectivity index (χ1) is 18.6.